The third-order valence-electron chi connectivity index (χ3n) is 4.92. The topological polar surface area (TPSA) is 71.0 Å². The van der Waals surface area contributed by atoms with E-state index in [1.165, 1.54) is 5.56 Å². The molecular weight excluding hydrogens is 493 g/mol. The quantitative estimate of drug-likeness (QED) is 0.186. The number of ether oxygens (including phenoxy) is 2. The van der Waals surface area contributed by atoms with Crippen molar-refractivity contribution in [1.29, 1.82) is 0 Å². The highest BCUT2D eigenvalue weighted by molar-refractivity contribution is 14.0. The molecule has 1 aliphatic rings. The van der Waals surface area contributed by atoms with E-state index >= 15 is 0 Å². The van der Waals surface area contributed by atoms with E-state index in [2.05, 4.69) is 58.4 Å². The minimum atomic E-state index is 0. The number of aryl methyl sites for hydroxylation is 1. The van der Waals surface area contributed by atoms with Gasteiger partial charge in [-0.3, -0.25) is 4.99 Å². The van der Waals surface area contributed by atoms with E-state index in [-0.39, 0.29) is 24.0 Å². The van der Waals surface area contributed by atoms with Gasteiger partial charge in [-0.25, -0.2) is 4.98 Å². The molecule has 172 valence electrons. The lowest BCUT2D eigenvalue weighted by atomic mass is 10.1. The summed E-state index contributed by atoms with van der Waals surface area (Å²) in [5, 5.41) is 6.91. The molecule has 0 aliphatic carbocycles. The van der Waals surface area contributed by atoms with Gasteiger partial charge in [0.25, 0.3) is 0 Å². The second-order valence-corrected chi connectivity index (χ2v) is 7.44. The number of guanidine groups is 1. The molecule has 1 fully saturated rings. The van der Waals surface area contributed by atoms with Gasteiger partial charge in [-0.1, -0.05) is 19.4 Å². The molecule has 1 aromatic heterocycles. The van der Waals surface area contributed by atoms with Crippen LogP contribution in [-0.4, -0.2) is 69.6 Å². The molecule has 0 atom stereocenters. The summed E-state index contributed by atoms with van der Waals surface area (Å²) in [7, 11) is 0. The Morgan fingerprint density at radius 3 is 2.50 bits per heavy atom. The second-order valence-electron chi connectivity index (χ2n) is 7.44. The van der Waals surface area contributed by atoms with Crippen molar-refractivity contribution in [2.75, 3.05) is 57.5 Å². The number of halogens is 1. The Morgan fingerprint density at radius 2 is 1.87 bits per heavy atom. The van der Waals surface area contributed by atoms with E-state index < -0.39 is 0 Å². The first kappa shape index (κ1) is 26.9. The fraction of sp³-hybridized carbons (Fsp3) is 0.727. The minimum absolute atomic E-state index is 0. The van der Waals surface area contributed by atoms with Crippen molar-refractivity contribution in [2.24, 2.45) is 4.99 Å². The van der Waals surface area contributed by atoms with Crippen LogP contribution < -0.4 is 15.5 Å². The van der Waals surface area contributed by atoms with Crippen LogP contribution in [0.5, 0.6) is 0 Å². The van der Waals surface area contributed by atoms with Crippen molar-refractivity contribution in [3.8, 4) is 0 Å². The Balaban J connectivity index is 0.00000450. The van der Waals surface area contributed by atoms with Crippen LogP contribution in [0.1, 0.15) is 45.1 Å². The van der Waals surface area contributed by atoms with Gasteiger partial charge in [-0.2, -0.15) is 0 Å². The summed E-state index contributed by atoms with van der Waals surface area (Å²) in [6.45, 7) is 12.6. The van der Waals surface area contributed by atoms with E-state index in [1.54, 1.807) is 0 Å². The van der Waals surface area contributed by atoms with Gasteiger partial charge in [-0.05, 0) is 44.7 Å². The van der Waals surface area contributed by atoms with E-state index in [4.69, 9.17) is 9.47 Å². The number of aliphatic imine (C=N–C) groups is 1. The third kappa shape index (κ3) is 10.8. The van der Waals surface area contributed by atoms with Gasteiger partial charge in [-0.15, -0.1) is 24.0 Å². The fourth-order valence-corrected chi connectivity index (χ4v) is 3.20. The number of nitrogens with one attached hydrogen (secondary N) is 2. The van der Waals surface area contributed by atoms with Gasteiger partial charge in [0.1, 0.15) is 5.82 Å². The van der Waals surface area contributed by atoms with Crippen molar-refractivity contribution in [3.05, 3.63) is 23.9 Å². The van der Waals surface area contributed by atoms with Crippen LogP contribution in [0.4, 0.5) is 5.82 Å². The van der Waals surface area contributed by atoms with Crippen LogP contribution in [-0.2, 0) is 9.47 Å². The maximum atomic E-state index is 5.60. The number of piperidine rings is 1. The average molecular weight is 533 g/mol. The molecule has 8 heteroatoms. The van der Waals surface area contributed by atoms with Crippen molar-refractivity contribution in [3.63, 3.8) is 0 Å². The van der Waals surface area contributed by atoms with Gasteiger partial charge < -0.3 is 25.0 Å². The smallest absolute Gasteiger partial charge is 0.191 e. The Kier molecular flexibility index (Phi) is 14.8. The molecule has 2 N–H and O–H groups in total. The summed E-state index contributed by atoms with van der Waals surface area (Å²) < 4.78 is 11.1. The minimum Gasteiger partial charge on any atom is -0.379 e. The van der Waals surface area contributed by atoms with Crippen molar-refractivity contribution in [2.45, 2.75) is 52.5 Å². The number of hydrogen-bond donors (Lipinski definition) is 2. The summed E-state index contributed by atoms with van der Waals surface area (Å²) in [5.41, 5.74) is 1.20. The highest BCUT2D eigenvalue weighted by Crippen LogP contribution is 2.17. The molecule has 2 rings (SSSR count). The lowest BCUT2D eigenvalue weighted by Gasteiger charge is -2.33. The normalized spacial score (nSPS) is 15.0. The molecule has 7 nitrogen and oxygen atoms in total. The molecule has 0 radical (unpaired) electrons. The Hall–Kier alpha value is -1.13. The molecule has 1 aliphatic heterocycles. The highest BCUT2D eigenvalue weighted by atomic mass is 127. The first-order valence-electron chi connectivity index (χ1n) is 11.1. The second kappa shape index (κ2) is 16.5. The van der Waals surface area contributed by atoms with Crippen molar-refractivity contribution >= 4 is 35.8 Å². The molecule has 0 amide bonds. The van der Waals surface area contributed by atoms with Crippen molar-refractivity contribution in [1.82, 2.24) is 15.6 Å². The van der Waals surface area contributed by atoms with Gasteiger partial charge >= 0.3 is 0 Å². The number of rotatable bonds is 12. The molecule has 1 saturated heterocycles. The standard InChI is InChI=1S/C22H39N5O2.HI/c1-4-6-14-28-16-17-29-15-11-24-22(23-5-2)26-20-9-12-27(13-10-20)21-8-7-19(3)18-25-21;/h7-8,18,20H,4-6,9-17H2,1-3H3,(H2,23,24,26);1H. The lowest BCUT2D eigenvalue weighted by molar-refractivity contribution is 0.0497. The monoisotopic (exact) mass is 533 g/mol. The van der Waals surface area contributed by atoms with Crippen LogP contribution >= 0.6 is 24.0 Å². The highest BCUT2D eigenvalue weighted by Gasteiger charge is 2.20. The molecule has 0 bridgehead atoms. The maximum absolute atomic E-state index is 5.60. The van der Waals surface area contributed by atoms with E-state index in [0.717, 1.165) is 63.7 Å². The van der Waals surface area contributed by atoms with E-state index in [1.807, 2.05) is 6.20 Å². The summed E-state index contributed by atoms with van der Waals surface area (Å²) >= 11 is 0. The number of hydrogen-bond acceptors (Lipinski definition) is 5. The molecule has 0 unspecified atom stereocenters. The van der Waals surface area contributed by atoms with Gasteiger partial charge in [0.15, 0.2) is 5.96 Å². The summed E-state index contributed by atoms with van der Waals surface area (Å²) in [4.78, 5) is 11.6. The average Bonchev–Trinajstić information content (AvgIpc) is 2.74. The molecule has 1 aromatic rings. The van der Waals surface area contributed by atoms with E-state index in [0.29, 0.717) is 32.4 Å². The predicted molar refractivity (Wildman–Crippen MR) is 135 cm³/mol. The summed E-state index contributed by atoms with van der Waals surface area (Å²) in [6.07, 6.45) is 6.37. The zero-order valence-electron chi connectivity index (χ0n) is 18.9. The van der Waals surface area contributed by atoms with Gasteiger partial charge in [0, 0.05) is 38.5 Å². The molecule has 2 heterocycles. The maximum Gasteiger partial charge on any atom is 0.191 e. The van der Waals surface area contributed by atoms with Crippen LogP contribution in [0.15, 0.2) is 23.3 Å². The zero-order chi connectivity index (χ0) is 20.7. The molecule has 0 spiro atoms. The van der Waals surface area contributed by atoms with Crippen LogP contribution in [0.3, 0.4) is 0 Å². The largest absolute Gasteiger partial charge is 0.379 e. The Bertz CT molecular complexity index is 577. The first-order valence-corrected chi connectivity index (χ1v) is 11.1. The lowest BCUT2D eigenvalue weighted by Crippen LogP contribution is -2.49. The number of aromatic nitrogens is 1. The Morgan fingerprint density at radius 1 is 1.13 bits per heavy atom. The first-order chi connectivity index (χ1) is 14.2. The van der Waals surface area contributed by atoms with Gasteiger partial charge in [0.05, 0.1) is 26.4 Å². The number of pyridine rings is 1. The molecule has 30 heavy (non-hydrogen) atoms. The number of nitrogens with zero attached hydrogens (tertiary/aromatic N) is 3. The molecular formula is C22H40IN5O2. The zero-order valence-corrected chi connectivity index (χ0v) is 21.2. The third-order valence-corrected chi connectivity index (χ3v) is 4.92. The van der Waals surface area contributed by atoms with Crippen LogP contribution in [0.25, 0.3) is 0 Å². The molecule has 0 aromatic carbocycles. The SMILES string of the molecule is CCCCOCCOCCN=C(NCC)NC1CCN(c2ccc(C)cn2)CC1.I. The number of anilines is 1. The van der Waals surface area contributed by atoms with Gasteiger partial charge in [0.2, 0.25) is 0 Å². The van der Waals surface area contributed by atoms with Crippen LogP contribution in [0.2, 0.25) is 0 Å². The number of unbranched alkanes of at least 4 members (excludes halogenated alkanes) is 1. The molecule has 0 saturated carbocycles. The van der Waals surface area contributed by atoms with Crippen LogP contribution in [0, 0.1) is 6.92 Å². The fourth-order valence-electron chi connectivity index (χ4n) is 3.20. The predicted octanol–water partition coefficient (Wildman–Crippen LogP) is 3.37. The summed E-state index contributed by atoms with van der Waals surface area (Å²) in [6, 6.07) is 4.67. The summed E-state index contributed by atoms with van der Waals surface area (Å²) in [5.74, 6) is 1.95. The van der Waals surface area contributed by atoms with Crippen molar-refractivity contribution < 1.29 is 9.47 Å². The Labute approximate surface area is 199 Å². The van der Waals surface area contributed by atoms with E-state index in [9.17, 15) is 0 Å².